The molecule has 0 spiro atoms. The van der Waals surface area contributed by atoms with Crippen molar-refractivity contribution in [3.8, 4) is 0 Å². The minimum atomic E-state index is -0.863. The number of nitrogens with one attached hydrogen (secondary N) is 4. The molecule has 0 aromatic heterocycles. The minimum Gasteiger partial charge on any atom is -0.368 e. The van der Waals surface area contributed by atoms with Gasteiger partial charge in [0.25, 0.3) is 0 Å². The lowest BCUT2D eigenvalue weighted by Crippen LogP contribution is -2.56. The van der Waals surface area contributed by atoms with Crippen molar-refractivity contribution < 1.29 is 19.2 Å². The Morgan fingerprint density at radius 1 is 0.938 bits per heavy atom. The number of aryl methyl sites for hydroxylation is 2. The molecule has 1 aromatic rings. The smallest absolute Gasteiger partial charge is 0.244 e. The molecule has 1 aromatic carbocycles. The summed E-state index contributed by atoms with van der Waals surface area (Å²) in [7, 11) is 1.67. The summed E-state index contributed by atoms with van der Waals surface area (Å²) in [5, 5.41) is 10.9. The average Bonchev–Trinajstić information content (AvgIpc) is 2.70. The van der Waals surface area contributed by atoms with E-state index in [1.807, 2.05) is 13.8 Å². The van der Waals surface area contributed by atoms with Gasteiger partial charge in [0.05, 0.1) is 19.1 Å². The molecular formula is C22H35N5O4S. The fourth-order valence-corrected chi connectivity index (χ4v) is 3.92. The van der Waals surface area contributed by atoms with Crippen LogP contribution in [0.1, 0.15) is 30.5 Å². The highest BCUT2D eigenvalue weighted by Gasteiger charge is 2.25. The largest absolute Gasteiger partial charge is 0.368 e. The van der Waals surface area contributed by atoms with Crippen molar-refractivity contribution in [2.24, 2.45) is 5.73 Å². The predicted molar refractivity (Wildman–Crippen MR) is 127 cm³/mol. The van der Waals surface area contributed by atoms with E-state index < -0.39 is 35.8 Å². The van der Waals surface area contributed by atoms with E-state index in [9.17, 15) is 19.2 Å². The molecule has 0 aliphatic carbocycles. The van der Waals surface area contributed by atoms with Gasteiger partial charge in [-0.25, -0.2) is 0 Å². The number of benzene rings is 1. The first-order chi connectivity index (χ1) is 15.0. The van der Waals surface area contributed by atoms with Gasteiger partial charge in [-0.05, 0) is 40.3 Å². The molecule has 0 radical (unpaired) electrons. The fraction of sp³-hybridized carbons (Fsp3) is 0.545. The third-order valence-corrected chi connectivity index (χ3v) is 5.73. The number of nitrogens with two attached hydrogens (primary N) is 1. The van der Waals surface area contributed by atoms with Gasteiger partial charge in [0.15, 0.2) is 5.78 Å². The number of thioether (sulfide) groups is 1. The van der Waals surface area contributed by atoms with E-state index >= 15 is 0 Å². The van der Waals surface area contributed by atoms with Gasteiger partial charge in [-0.2, -0.15) is 11.8 Å². The molecular weight excluding hydrogens is 430 g/mol. The number of carbonyl (C=O) groups excluding carboxylic acids is 4. The Morgan fingerprint density at radius 2 is 1.56 bits per heavy atom. The van der Waals surface area contributed by atoms with E-state index in [0.717, 1.165) is 16.7 Å². The van der Waals surface area contributed by atoms with E-state index in [1.165, 1.54) is 18.7 Å². The van der Waals surface area contributed by atoms with Crippen LogP contribution in [0.5, 0.6) is 0 Å². The van der Waals surface area contributed by atoms with Gasteiger partial charge in [0.2, 0.25) is 17.7 Å². The number of likely N-dealkylation sites (N-methyl/N-ethyl adjacent to an activating group) is 1. The number of amides is 3. The van der Waals surface area contributed by atoms with Crippen LogP contribution in [-0.2, 0) is 24.9 Å². The van der Waals surface area contributed by atoms with Crippen LogP contribution in [0, 0.1) is 13.8 Å². The molecule has 10 heteroatoms. The van der Waals surface area contributed by atoms with Crippen LogP contribution in [0.2, 0.25) is 0 Å². The van der Waals surface area contributed by atoms with E-state index in [1.54, 1.807) is 14.0 Å². The molecule has 0 saturated carbocycles. The predicted octanol–water partition coefficient (Wildman–Crippen LogP) is -0.222. The first-order valence-electron chi connectivity index (χ1n) is 10.5. The summed E-state index contributed by atoms with van der Waals surface area (Å²) >= 11 is 1.50. The third-order valence-electron chi connectivity index (χ3n) is 4.63. The van der Waals surface area contributed by atoms with Crippen molar-refractivity contribution in [1.29, 1.82) is 0 Å². The summed E-state index contributed by atoms with van der Waals surface area (Å²) in [4.78, 5) is 48.2. The zero-order chi connectivity index (χ0) is 24.3. The molecule has 3 atom stereocenters. The van der Waals surface area contributed by atoms with Gasteiger partial charge >= 0.3 is 0 Å². The van der Waals surface area contributed by atoms with Crippen LogP contribution >= 0.6 is 11.8 Å². The van der Waals surface area contributed by atoms with Crippen LogP contribution < -0.4 is 27.0 Å². The lowest BCUT2D eigenvalue weighted by molar-refractivity contribution is -0.131. The zero-order valence-corrected chi connectivity index (χ0v) is 20.2. The van der Waals surface area contributed by atoms with Crippen LogP contribution in [0.3, 0.4) is 0 Å². The first kappa shape index (κ1) is 27.6. The highest BCUT2D eigenvalue weighted by molar-refractivity contribution is 7.98. The SMILES string of the molecule is CNCC(=O)CNC(C)C(=O)N[C@H](CSCc1cc(C)cc(C)c1)C(=O)NC(C)C(N)=O. The van der Waals surface area contributed by atoms with Gasteiger partial charge in [0, 0.05) is 11.5 Å². The summed E-state index contributed by atoms with van der Waals surface area (Å²) < 4.78 is 0. The molecule has 3 amide bonds. The lowest BCUT2D eigenvalue weighted by Gasteiger charge is -2.22. The maximum atomic E-state index is 12.7. The van der Waals surface area contributed by atoms with Crippen LogP contribution in [0.15, 0.2) is 18.2 Å². The number of primary amides is 1. The number of ketones is 1. The second kappa shape index (κ2) is 13.9. The Labute approximate surface area is 194 Å². The van der Waals surface area contributed by atoms with Gasteiger partial charge in [-0.15, -0.1) is 0 Å². The molecule has 178 valence electrons. The Bertz CT molecular complexity index is 797. The molecule has 6 N–H and O–H groups in total. The Hall–Kier alpha value is -2.43. The summed E-state index contributed by atoms with van der Waals surface area (Å²) in [5.41, 5.74) is 8.68. The monoisotopic (exact) mass is 465 g/mol. The molecule has 0 saturated heterocycles. The maximum absolute atomic E-state index is 12.7. The molecule has 1 rings (SSSR count). The number of rotatable bonds is 14. The number of carbonyl (C=O) groups is 4. The van der Waals surface area contributed by atoms with Crippen molar-refractivity contribution in [3.63, 3.8) is 0 Å². The average molecular weight is 466 g/mol. The molecule has 2 unspecified atom stereocenters. The van der Waals surface area contributed by atoms with Gasteiger partial charge in [-0.1, -0.05) is 29.3 Å². The maximum Gasteiger partial charge on any atom is 0.244 e. The van der Waals surface area contributed by atoms with Crippen molar-refractivity contribution in [2.75, 3.05) is 25.9 Å². The molecule has 0 aliphatic heterocycles. The normalized spacial score (nSPS) is 13.7. The molecule has 0 heterocycles. The van der Waals surface area contributed by atoms with E-state index in [0.29, 0.717) is 11.5 Å². The van der Waals surface area contributed by atoms with Gasteiger partial charge in [-0.3, -0.25) is 24.5 Å². The quantitative estimate of drug-likeness (QED) is 0.256. The first-order valence-corrected chi connectivity index (χ1v) is 11.6. The van der Waals surface area contributed by atoms with E-state index in [2.05, 4.69) is 39.5 Å². The van der Waals surface area contributed by atoms with Crippen molar-refractivity contribution in [3.05, 3.63) is 34.9 Å². The highest BCUT2D eigenvalue weighted by Crippen LogP contribution is 2.17. The topological polar surface area (TPSA) is 142 Å². The highest BCUT2D eigenvalue weighted by atomic mass is 32.2. The summed E-state index contributed by atoms with van der Waals surface area (Å²) in [6, 6.07) is 3.85. The fourth-order valence-electron chi connectivity index (χ4n) is 2.93. The Balaban J connectivity index is 2.76. The molecule has 9 nitrogen and oxygen atoms in total. The second-order valence-electron chi connectivity index (χ2n) is 7.88. The summed E-state index contributed by atoms with van der Waals surface area (Å²) in [6.45, 7) is 7.39. The molecule has 0 bridgehead atoms. The second-order valence-corrected chi connectivity index (χ2v) is 8.91. The van der Waals surface area contributed by atoms with E-state index in [-0.39, 0.29) is 18.9 Å². The number of Topliss-reactive ketones (excluding diaryl/α,β-unsaturated/α-hetero) is 1. The minimum absolute atomic E-state index is 0.0342. The molecule has 0 fully saturated rings. The Morgan fingerprint density at radius 3 is 2.12 bits per heavy atom. The van der Waals surface area contributed by atoms with Crippen molar-refractivity contribution in [2.45, 2.75) is 51.6 Å². The van der Waals surface area contributed by atoms with Gasteiger partial charge in [0.1, 0.15) is 12.1 Å². The van der Waals surface area contributed by atoms with Crippen molar-refractivity contribution in [1.82, 2.24) is 21.3 Å². The number of hydrogen-bond acceptors (Lipinski definition) is 7. The summed E-state index contributed by atoms with van der Waals surface area (Å²) in [6.07, 6.45) is 0. The summed E-state index contributed by atoms with van der Waals surface area (Å²) in [5.74, 6) is -0.677. The van der Waals surface area contributed by atoms with E-state index in [4.69, 9.17) is 5.73 Å². The Kier molecular flexibility index (Phi) is 12.0. The van der Waals surface area contributed by atoms with Gasteiger partial charge < -0.3 is 21.7 Å². The van der Waals surface area contributed by atoms with Crippen molar-refractivity contribution >= 4 is 35.3 Å². The van der Waals surface area contributed by atoms with Crippen LogP contribution in [0.4, 0.5) is 0 Å². The third kappa shape index (κ3) is 10.3. The lowest BCUT2D eigenvalue weighted by atomic mass is 10.1. The van der Waals surface area contributed by atoms with Crippen LogP contribution in [-0.4, -0.2) is 67.5 Å². The molecule has 32 heavy (non-hydrogen) atoms. The zero-order valence-electron chi connectivity index (χ0n) is 19.4. The number of hydrogen-bond donors (Lipinski definition) is 5. The van der Waals surface area contributed by atoms with Crippen LogP contribution in [0.25, 0.3) is 0 Å². The molecule has 0 aliphatic rings. The standard InChI is InChI=1S/C22H35N5O4S/c1-13-6-14(2)8-17(7-13)11-32-12-19(22(31)26-15(3)20(23)29)27-21(30)16(4)25-10-18(28)9-24-5/h6-8,15-16,19,24-25H,9-12H2,1-5H3,(H2,23,29)(H,26,31)(H,27,30)/t15?,16?,19-/m1/s1.